The van der Waals surface area contributed by atoms with E-state index in [9.17, 15) is 0 Å². The highest BCUT2D eigenvalue weighted by Gasteiger charge is 1.95. The normalized spacial score (nSPS) is 9.45. The molecular weight excluding hydrogens is 140 g/mol. The van der Waals surface area contributed by atoms with Gasteiger partial charge in [-0.25, -0.2) is 0 Å². The van der Waals surface area contributed by atoms with E-state index in [0.717, 1.165) is 5.56 Å². The van der Waals surface area contributed by atoms with Gasteiger partial charge in [-0.2, -0.15) is 0 Å². The van der Waals surface area contributed by atoms with Crippen LogP contribution in [0.5, 0.6) is 5.75 Å². The third-order valence-corrected chi connectivity index (χ3v) is 1.19. The zero-order chi connectivity index (χ0) is 8.27. The maximum absolute atomic E-state index is 8.99. The van der Waals surface area contributed by atoms with E-state index < -0.39 is 0 Å². The maximum Gasteiger partial charge on any atom is 0.115 e. The van der Waals surface area contributed by atoms with Gasteiger partial charge in [-0.3, -0.25) is 5.41 Å². The molecule has 1 rings (SSSR count). The first-order valence-electron chi connectivity index (χ1n) is 3.16. The summed E-state index contributed by atoms with van der Waals surface area (Å²) in [5, 5.41) is 15.9. The molecule has 0 atom stereocenters. The van der Waals surface area contributed by atoms with Crippen LogP contribution in [0.15, 0.2) is 24.3 Å². The quantitative estimate of drug-likeness (QED) is 0.431. The van der Waals surface area contributed by atoms with Gasteiger partial charge in [0.05, 0.1) is 12.3 Å². The van der Waals surface area contributed by atoms with Crippen molar-refractivity contribution in [3.05, 3.63) is 36.2 Å². The van der Waals surface area contributed by atoms with Crippen molar-refractivity contribution in [1.82, 2.24) is 0 Å². The molecule has 57 valence electrons. The van der Waals surface area contributed by atoms with Crippen molar-refractivity contribution >= 4 is 5.84 Å². The van der Waals surface area contributed by atoms with Crippen LogP contribution in [0.1, 0.15) is 5.56 Å². The molecule has 3 nitrogen and oxygen atoms in total. The van der Waals surface area contributed by atoms with Gasteiger partial charge in [0, 0.05) is 0 Å². The Hall–Kier alpha value is -1.51. The summed E-state index contributed by atoms with van der Waals surface area (Å²) < 4.78 is 0. The van der Waals surface area contributed by atoms with Crippen LogP contribution in [0.4, 0.5) is 0 Å². The third kappa shape index (κ3) is 2.29. The highest BCUT2D eigenvalue weighted by molar-refractivity contribution is 5.89. The lowest BCUT2D eigenvalue weighted by atomic mass is 10.1. The smallest absolute Gasteiger partial charge is 0.115 e. The van der Waals surface area contributed by atoms with Gasteiger partial charge in [0.1, 0.15) is 5.75 Å². The van der Waals surface area contributed by atoms with E-state index in [1.165, 1.54) is 6.42 Å². The number of hydrogen-bond donors (Lipinski definition) is 3. The van der Waals surface area contributed by atoms with E-state index in [1.54, 1.807) is 24.3 Å². The van der Waals surface area contributed by atoms with Gasteiger partial charge in [0.25, 0.3) is 0 Å². The van der Waals surface area contributed by atoms with Crippen LogP contribution in [-0.2, 0) is 0 Å². The predicted octanol–water partition coefficient (Wildman–Crippen LogP) is 0.881. The van der Waals surface area contributed by atoms with Crippen molar-refractivity contribution in [3.8, 4) is 5.75 Å². The molecule has 0 aromatic heterocycles. The number of nitrogens with two attached hydrogens (primary N) is 1. The molecule has 0 fully saturated rings. The number of phenols is 1. The lowest BCUT2D eigenvalue weighted by Gasteiger charge is -1.98. The fourth-order valence-electron chi connectivity index (χ4n) is 0.794. The molecule has 3 heteroatoms. The van der Waals surface area contributed by atoms with Crippen LogP contribution in [-0.4, -0.2) is 10.9 Å². The SMILES string of the molecule is N=C(N)[CH]c1cccc(O)c1. The average Bonchev–Trinajstić information content (AvgIpc) is 1.85. The Labute approximate surface area is 65.0 Å². The van der Waals surface area contributed by atoms with Gasteiger partial charge in [-0.05, 0) is 17.7 Å². The Kier molecular flexibility index (Phi) is 2.11. The summed E-state index contributed by atoms with van der Waals surface area (Å²) in [4.78, 5) is 0. The molecule has 0 saturated carbocycles. The fraction of sp³-hybridized carbons (Fsp3) is 0. The molecule has 1 aromatic rings. The Balaban J connectivity index is 2.79. The van der Waals surface area contributed by atoms with Crippen LogP contribution < -0.4 is 5.73 Å². The molecule has 0 saturated heterocycles. The maximum atomic E-state index is 8.99. The largest absolute Gasteiger partial charge is 0.508 e. The number of amidine groups is 1. The zero-order valence-electron chi connectivity index (χ0n) is 5.91. The number of rotatable bonds is 2. The topological polar surface area (TPSA) is 70.1 Å². The van der Waals surface area contributed by atoms with E-state index in [2.05, 4.69) is 0 Å². The van der Waals surface area contributed by atoms with E-state index in [-0.39, 0.29) is 11.6 Å². The van der Waals surface area contributed by atoms with Crippen molar-refractivity contribution in [2.75, 3.05) is 0 Å². The van der Waals surface area contributed by atoms with Gasteiger partial charge in [-0.1, -0.05) is 12.1 Å². The van der Waals surface area contributed by atoms with Crippen LogP contribution in [0.2, 0.25) is 0 Å². The molecule has 0 amide bonds. The van der Waals surface area contributed by atoms with Gasteiger partial charge in [-0.15, -0.1) is 0 Å². The van der Waals surface area contributed by atoms with E-state index in [0.29, 0.717) is 0 Å². The van der Waals surface area contributed by atoms with Gasteiger partial charge in [0.2, 0.25) is 0 Å². The summed E-state index contributed by atoms with van der Waals surface area (Å²) in [7, 11) is 0. The van der Waals surface area contributed by atoms with Gasteiger partial charge in [0.15, 0.2) is 0 Å². The highest BCUT2D eigenvalue weighted by Crippen LogP contribution is 2.11. The fourth-order valence-corrected chi connectivity index (χ4v) is 0.794. The average molecular weight is 149 g/mol. The first-order valence-corrected chi connectivity index (χ1v) is 3.16. The minimum absolute atomic E-state index is 0.0180. The minimum Gasteiger partial charge on any atom is -0.508 e. The summed E-state index contributed by atoms with van der Waals surface area (Å²) in [6.07, 6.45) is 1.47. The van der Waals surface area contributed by atoms with Crippen LogP contribution in [0.3, 0.4) is 0 Å². The molecule has 0 aliphatic carbocycles. The lowest BCUT2D eigenvalue weighted by Crippen LogP contribution is -2.10. The second-order valence-corrected chi connectivity index (χ2v) is 2.19. The van der Waals surface area contributed by atoms with E-state index in [4.69, 9.17) is 16.2 Å². The Morgan fingerprint density at radius 3 is 2.82 bits per heavy atom. The Bertz CT molecular complexity index is 271. The highest BCUT2D eigenvalue weighted by atomic mass is 16.3. The lowest BCUT2D eigenvalue weighted by molar-refractivity contribution is 0.475. The summed E-state index contributed by atoms with van der Waals surface area (Å²) in [5.41, 5.74) is 5.85. The molecule has 11 heavy (non-hydrogen) atoms. The number of hydrogen-bond acceptors (Lipinski definition) is 2. The molecule has 0 spiro atoms. The summed E-state index contributed by atoms with van der Waals surface area (Å²) >= 11 is 0. The second kappa shape index (κ2) is 3.05. The molecule has 0 aliphatic rings. The molecule has 0 heterocycles. The molecule has 1 aromatic carbocycles. The van der Waals surface area contributed by atoms with Crippen molar-refractivity contribution in [3.63, 3.8) is 0 Å². The zero-order valence-corrected chi connectivity index (χ0v) is 5.91. The first-order chi connectivity index (χ1) is 5.18. The Morgan fingerprint density at radius 2 is 2.27 bits per heavy atom. The summed E-state index contributed by atoms with van der Waals surface area (Å²) in [6.45, 7) is 0. The van der Waals surface area contributed by atoms with Crippen molar-refractivity contribution in [1.29, 1.82) is 5.41 Å². The van der Waals surface area contributed by atoms with Crippen LogP contribution in [0.25, 0.3) is 0 Å². The third-order valence-electron chi connectivity index (χ3n) is 1.19. The first kappa shape index (κ1) is 7.60. The van der Waals surface area contributed by atoms with Crippen molar-refractivity contribution < 1.29 is 5.11 Å². The molecule has 0 bridgehead atoms. The van der Waals surface area contributed by atoms with Crippen molar-refractivity contribution in [2.24, 2.45) is 5.73 Å². The molecule has 1 radical (unpaired) electrons. The standard InChI is InChI=1S/C8H9N2O/c9-8(10)5-6-2-1-3-7(11)4-6/h1-5,11H,(H3,9,10). The van der Waals surface area contributed by atoms with Crippen molar-refractivity contribution in [2.45, 2.75) is 0 Å². The van der Waals surface area contributed by atoms with Gasteiger partial charge >= 0.3 is 0 Å². The van der Waals surface area contributed by atoms with Gasteiger partial charge < -0.3 is 10.8 Å². The van der Waals surface area contributed by atoms with E-state index >= 15 is 0 Å². The molecular formula is C8H9N2O. The van der Waals surface area contributed by atoms with E-state index in [1.807, 2.05) is 0 Å². The number of nitrogens with one attached hydrogen (secondary N) is 1. The summed E-state index contributed by atoms with van der Waals surface area (Å²) in [5.74, 6) is 0.163. The second-order valence-electron chi connectivity index (χ2n) is 2.19. The Morgan fingerprint density at radius 1 is 1.55 bits per heavy atom. The number of benzene rings is 1. The number of aromatic hydroxyl groups is 1. The predicted molar refractivity (Wildman–Crippen MR) is 43.4 cm³/mol. The molecule has 4 N–H and O–H groups in total. The monoisotopic (exact) mass is 149 g/mol. The van der Waals surface area contributed by atoms with Crippen LogP contribution >= 0.6 is 0 Å². The number of phenolic OH excluding ortho intramolecular Hbond substituents is 1. The molecule has 0 aliphatic heterocycles. The minimum atomic E-state index is -0.0180. The van der Waals surface area contributed by atoms with Crippen LogP contribution in [0, 0.1) is 11.8 Å². The molecule has 0 unspecified atom stereocenters. The summed E-state index contributed by atoms with van der Waals surface area (Å²) in [6, 6.07) is 6.57.